The van der Waals surface area contributed by atoms with Crippen LogP contribution in [0.25, 0.3) is 0 Å². The molecule has 2 aromatic rings. The van der Waals surface area contributed by atoms with Crippen molar-refractivity contribution in [3.05, 3.63) is 51.2 Å². The zero-order valence-corrected chi connectivity index (χ0v) is 12.0. The van der Waals surface area contributed by atoms with Crippen LogP contribution in [0.2, 0.25) is 5.15 Å². The molecule has 0 atom stereocenters. The quantitative estimate of drug-likeness (QED) is 0.482. The predicted molar refractivity (Wildman–Crippen MR) is 74.3 cm³/mol. The van der Waals surface area contributed by atoms with Crippen LogP contribution in [0.3, 0.4) is 0 Å². The lowest BCUT2D eigenvalue weighted by molar-refractivity contribution is -0.385. The average Bonchev–Trinajstić information content (AvgIpc) is 2.40. The third-order valence-corrected chi connectivity index (χ3v) is 3.02. The number of hydrogen-bond donors (Lipinski definition) is 0. The van der Waals surface area contributed by atoms with Crippen LogP contribution in [-0.2, 0) is 0 Å². The Balaban J connectivity index is 2.54. The summed E-state index contributed by atoms with van der Waals surface area (Å²) in [6.07, 6.45) is 1.15. The number of hydrogen-bond acceptors (Lipinski definition) is 5. The van der Waals surface area contributed by atoms with Crippen molar-refractivity contribution in [2.45, 2.75) is 19.8 Å². The molecular formula is C13H11ClFN3O3. The molecule has 1 aromatic carbocycles. The van der Waals surface area contributed by atoms with Crippen LogP contribution in [0.4, 0.5) is 10.1 Å². The van der Waals surface area contributed by atoms with E-state index in [1.807, 2.05) is 13.8 Å². The number of para-hydroxylation sites is 1. The molecule has 0 aliphatic rings. The highest BCUT2D eigenvalue weighted by Crippen LogP contribution is 2.37. The summed E-state index contributed by atoms with van der Waals surface area (Å²) in [5.74, 6) is -1.45. The van der Waals surface area contributed by atoms with Crippen molar-refractivity contribution >= 4 is 17.3 Å². The number of nitro benzene ring substituents is 1. The van der Waals surface area contributed by atoms with E-state index < -0.39 is 22.2 Å². The fourth-order valence-electron chi connectivity index (χ4n) is 1.76. The van der Waals surface area contributed by atoms with Gasteiger partial charge in [-0.05, 0) is 12.0 Å². The van der Waals surface area contributed by atoms with Gasteiger partial charge in [0, 0.05) is 6.07 Å². The number of nitro groups is 1. The van der Waals surface area contributed by atoms with Crippen LogP contribution in [0, 0.1) is 15.9 Å². The molecule has 0 bridgehead atoms. The lowest BCUT2D eigenvalue weighted by Crippen LogP contribution is -2.02. The van der Waals surface area contributed by atoms with E-state index in [9.17, 15) is 14.5 Å². The molecule has 0 saturated heterocycles. The highest BCUT2D eigenvalue weighted by molar-refractivity contribution is 6.30. The van der Waals surface area contributed by atoms with Gasteiger partial charge in [0.05, 0.1) is 10.5 Å². The van der Waals surface area contributed by atoms with Crippen LogP contribution >= 0.6 is 11.6 Å². The molecular weight excluding hydrogens is 301 g/mol. The number of aromatic nitrogens is 2. The largest absolute Gasteiger partial charge is 0.428 e. The van der Waals surface area contributed by atoms with Gasteiger partial charge in [-0.1, -0.05) is 31.5 Å². The van der Waals surface area contributed by atoms with Crippen molar-refractivity contribution in [3.8, 4) is 11.6 Å². The smallest absolute Gasteiger partial charge is 0.314 e. The monoisotopic (exact) mass is 311 g/mol. The summed E-state index contributed by atoms with van der Waals surface area (Å²) in [4.78, 5) is 17.9. The minimum absolute atomic E-state index is 0.00167. The first-order valence-corrected chi connectivity index (χ1v) is 6.40. The highest BCUT2D eigenvalue weighted by atomic mass is 35.5. The Labute approximate surface area is 124 Å². The molecule has 0 radical (unpaired) electrons. The van der Waals surface area contributed by atoms with Gasteiger partial charge in [0.15, 0.2) is 5.82 Å². The van der Waals surface area contributed by atoms with Crippen LogP contribution in [0.1, 0.15) is 25.3 Å². The number of nitrogens with zero attached hydrogens (tertiary/aromatic N) is 3. The average molecular weight is 312 g/mol. The second kappa shape index (κ2) is 6.01. The van der Waals surface area contributed by atoms with Gasteiger partial charge in [0.2, 0.25) is 11.6 Å². The summed E-state index contributed by atoms with van der Waals surface area (Å²) in [6.45, 7) is 3.65. The van der Waals surface area contributed by atoms with E-state index >= 15 is 0 Å². The molecule has 2 rings (SSSR count). The third kappa shape index (κ3) is 3.08. The van der Waals surface area contributed by atoms with Gasteiger partial charge in [-0.3, -0.25) is 10.1 Å². The first-order chi connectivity index (χ1) is 9.91. The summed E-state index contributed by atoms with van der Waals surface area (Å²) in [5, 5.41) is 11.1. The first kappa shape index (κ1) is 15.1. The molecule has 0 fully saturated rings. The molecule has 6 nitrogen and oxygen atoms in total. The normalized spacial score (nSPS) is 10.7. The van der Waals surface area contributed by atoms with Crippen molar-refractivity contribution in [2.24, 2.45) is 0 Å². The maximum atomic E-state index is 13.8. The number of rotatable bonds is 4. The Morgan fingerprint density at radius 3 is 2.71 bits per heavy atom. The minimum Gasteiger partial charge on any atom is -0.428 e. The van der Waals surface area contributed by atoms with Gasteiger partial charge in [0.1, 0.15) is 11.5 Å². The fourth-order valence-corrected chi connectivity index (χ4v) is 2.11. The predicted octanol–water partition coefficient (Wildman–Crippen LogP) is 4.09. The fraction of sp³-hybridized carbons (Fsp3) is 0.231. The summed E-state index contributed by atoms with van der Waals surface area (Å²) < 4.78 is 19.1. The molecule has 0 saturated carbocycles. The van der Waals surface area contributed by atoms with E-state index in [1.54, 1.807) is 0 Å². The van der Waals surface area contributed by atoms with E-state index in [0.717, 1.165) is 18.5 Å². The molecule has 1 aromatic heterocycles. The van der Waals surface area contributed by atoms with Gasteiger partial charge in [0.25, 0.3) is 0 Å². The lowest BCUT2D eigenvalue weighted by atomic mass is 10.1. The third-order valence-electron chi connectivity index (χ3n) is 2.72. The second-order valence-electron chi connectivity index (χ2n) is 4.49. The van der Waals surface area contributed by atoms with Gasteiger partial charge >= 0.3 is 5.69 Å². The van der Waals surface area contributed by atoms with Crippen LogP contribution < -0.4 is 4.74 Å². The van der Waals surface area contributed by atoms with E-state index in [2.05, 4.69) is 9.97 Å². The highest BCUT2D eigenvalue weighted by Gasteiger charge is 2.23. The minimum atomic E-state index is -0.853. The molecule has 0 aliphatic carbocycles. The number of ether oxygens (including phenoxy) is 1. The number of halogens is 2. The van der Waals surface area contributed by atoms with E-state index in [4.69, 9.17) is 16.3 Å². The van der Waals surface area contributed by atoms with Crippen molar-refractivity contribution in [1.82, 2.24) is 9.97 Å². The molecule has 110 valence electrons. The van der Waals surface area contributed by atoms with Gasteiger partial charge in [-0.15, -0.1) is 0 Å². The van der Waals surface area contributed by atoms with Crippen molar-refractivity contribution in [1.29, 1.82) is 0 Å². The van der Waals surface area contributed by atoms with Gasteiger partial charge in [-0.2, -0.15) is 0 Å². The summed E-state index contributed by atoms with van der Waals surface area (Å²) in [5.41, 5.74) is -0.0313. The van der Waals surface area contributed by atoms with Crippen molar-refractivity contribution in [3.63, 3.8) is 0 Å². The van der Waals surface area contributed by atoms with Gasteiger partial charge < -0.3 is 4.74 Å². The summed E-state index contributed by atoms with van der Waals surface area (Å²) >= 11 is 5.97. The summed E-state index contributed by atoms with van der Waals surface area (Å²) in [7, 11) is 0. The Morgan fingerprint density at radius 1 is 1.38 bits per heavy atom. The van der Waals surface area contributed by atoms with E-state index in [1.165, 1.54) is 6.07 Å². The molecule has 0 spiro atoms. The van der Waals surface area contributed by atoms with E-state index in [0.29, 0.717) is 5.56 Å². The van der Waals surface area contributed by atoms with Crippen LogP contribution in [0.5, 0.6) is 11.6 Å². The molecule has 0 amide bonds. The zero-order chi connectivity index (χ0) is 15.6. The Bertz CT molecular complexity index is 694. The summed E-state index contributed by atoms with van der Waals surface area (Å²) in [6, 6.07) is 3.45. The molecule has 1 heterocycles. The van der Waals surface area contributed by atoms with Crippen molar-refractivity contribution < 1.29 is 14.1 Å². The van der Waals surface area contributed by atoms with Gasteiger partial charge in [-0.25, -0.2) is 14.4 Å². The maximum absolute atomic E-state index is 13.8. The van der Waals surface area contributed by atoms with E-state index in [-0.39, 0.29) is 17.0 Å². The standard InChI is InChI=1S/C13H11ClFN3O3/c1-7(2)10-12(14)16-6-17-13(10)21-11-8(15)4-3-5-9(11)18(19)20/h3-7H,1-2H3. The topological polar surface area (TPSA) is 78.2 Å². The first-order valence-electron chi connectivity index (χ1n) is 6.03. The number of benzene rings is 1. The molecule has 0 N–H and O–H groups in total. The SMILES string of the molecule is CC(C)c1c(Cl)ncnc1Oc1c(F)cccc1[N+](=O)[O-]. The van der Waals surface area contributed by atoms with Crippen LogP contribution in [-0.4, -0.2) is 14.9 Å². The second-order valence-corrected chi connectivity index (χ2v) is 4.84. The zero-order valence-electron chi connectivity index (χ0n) is 11.2. The molecule has 0 unspecified atom stereocenters. The Morgan fingerprint density at radius 2 is 2.10 bits per heavy atom. The lowest BCUT2D eigenvalue weighted by Gasteiger charge is -2.13. The molecule has 0 aliphatic heterocycles. The molecule has 8 heteroatoms. The Kier molecular flexibility index (Phi) is 4.32. The maximum Gasteiger partial charge on any atom is 0.314 e. The Hall–Kier alpha value is -2.28. The molecule has 21 heavy (non-hydrogen) atoms. The van der Waals surface area contributed by atoms with Crippen LogP contribution in [0.15, 0.2) is 24.5 Å². The van der Waals surface area contributed by atoms with Crippen molar-refractivity contribution in [2.75, 3.05) is 0 Å².